The molecule has 0 aliphatic carbocycles. The summed E-state index contributed by atoms with van der Waals surface area (Å²) in [5, 5.41) is 11.9. The number of hydrogen-bond acceptors (Lipinski definition) is 3. The van der Waals surface area contributed by atoms with E-state index >= 15 is 0 Å². The number of hydrogen-bond donors (Lipinski definition) is 3. The molecule has 1 aromatic rings. The van der Waals surface area contributed by atoms with Gasteiger partial charge in [0.2, 0.25) is 0 Å². The van der Waals surface area contributed by atoms with Crippen molar-refractivity contribution in [3.63, 3.8) is 0 Å². The van der Waals surface area contributed by atoms with Gasteiger partial charge in [-0.15, -0.1) is 0 Å². The molecule has 0 radical (unpaired) electrons. The van der Waals surface area contributed by atoms with Crippen molar-refractivity contribution in [2.75, 3.05) is 5.32 Å². The molecule has 18 heavy (non-hydrogen) atoms. The average Bonchev–Trinajstić information content (AvgIpc) is 2.27. The lowest BCUT2D eigenvalue weighted by atomic mass is 10.1. The topological polar surface area (TPSA) is 92.4 Å². The largest absolute Gasteiger partial charge is 0.481 e. The van der Waals surface area contributed by atoms with E-state index in [1.54, 1.807) is 18.2 Å². The molecule has 0 bridgehead atoms. The Morgan fingerprint density at radius 3 is 2.61 bits per heavy atom. The van der Waals surface area contributed by atoms with Crippen LogP contribution < -0.4 is 11.1 Å². The SMILES string of the molecule is CCC(CC(=O)O)Nc1cc(C)ccc1C(N)=O. The van der Waals surface area contributed by atoms with Crippen molar-refractivity contribution in [2.24, 2.45) is 5.73 Å². The highest BCUT2D eigenvalue weighted by atomic mass is 16.4. The summed E-state index contributed by atoms with van der Waals surface area (Å²) in [6.07, 6.45) is 0.654. The maximum Gasteiger partial charge on any atom is 0.305 e. The Bertz CT molecular complexity index is 458. The molecule has 1 amide bonds. The van der Waals surface area contributed by atoms with Crippen molar-refractivity contribution in [1.29, 1.82) is 0 Å². The molecule has 1 rings (SSSR count). The summed E-state index contributed by atoms with van der Waals surface area (Å²) in [6, 6.07) is 5.02. The van der Waals surface area contributed by atoms with E-state index in [1.807, 2.05) is 13.8 Å². The van der Waals surface area contributed by atoms with Gasteiger partial charge in [-0.2, -0.15) is 0 Å². The van der Waals surface area contributed by atoms with E-state index in [2.05, 4.69) is 5.32 Å². The Morgan fingerprint density at radius 2 is 2.11 bits per heavy atom. The quantitative estimate of drug-likeness (QED) is 0.717. The molecular weight excluding hydrogens is 232 g/mol. The molecule has 0 aliphatic heterocycles. The molecule has 0 heterocycles. The number of amides is 1. The van der Waals surface area contributed by atoms with Crippen molar-refractivity contribution in [3.05, 3.63) is 29.3 Å². The summed E-state index contributed by atoms with van der Waals surface area (Å²) in [4.78, 5) is 22.0. The molecule has 1 atom stereocenters. The second kappa shape index (κ2) is 6.05. The van der Waals surface area contributed by atoms with Crippen LogP contribution in [0.25, 0.3) is 0 Å². The van der Waals surface area contributed by atoms with Gasteiger partial charge in [0.05, 0.1) is 12.0 Å². The van der Waals surface area contributed by atoms with Gasteiger partial charge in [0, 0.05) is 11.7 Å². The molecule has 0 aromatic heterocycles. The minimum absolute atomic E-state index is 0.00262. The Morgan fingerprint density at radius 1 is 1.44 bits per heavy atom. The summed E-state index contributed by atoms with van der Waals surface area (Å²) >= 11 is 0. The first-order valence-electron chi connectivity index (χ1n) is 5.82. The third-order valence-corrected chi connectivity index (χ3v) is 2.71. The van der Waals surface area contributed by atoms with Crippen LogP contribution >= 0.6 is 0 Å². The molecule has 1 unspecified atom stereocenters. The zero-order valence-electron chi connectivity index (χ0n) is 10.6. The number of nitrogens with two attached hydrogens (primary N) is 1. The third-order valence-electron chi connectivity index (χ3n) is 2.71. The molecule has 0 saturated heterocycles. The predicted octanol–water partition coefficient (Wildman–Crippen LogP) is 1.76. The van der Waals surface area contributed by atoms with Crippen molar-refractivity contribution in [2.45, 2.75) is 32.7 Å². The first-order valence-corrected chi connectivity index (χ1v) is 5.82. The van der Waals surface area contributed by atoms with Crippen LogP contribution in [0, 0.1) is 6.92 Å². The van der Waals surface area contributed by atoms with Crippen molar-refractivity contribution >= 4 is 17.6 Å². The Labute approximate surface area is 106 Å². The molecule has 0 fully saturated rings. The second-order valence-corrected chi connectivity index (χ2v) is 4.26. The van der Waals surface area contributed by atoms with Gasteiger partial charge in [0.1, 0.15) is 0 Å². The van der Waals surface area contributed by atoms with Gasteiger partial charge in [-0.1, -0.05) is 13.0 Å². The van der Waals surface area contributed by atoms with Gasteiger partial charge in [-0.05, 0) is 31.0 Å². The summed E-state index contributed by atoms with van der Waals surface area (Å²) in [7, 11) is 0. The fourth-order valence-corrected chi connectivity index (χ4v) is 1.72. The lowest BCUT2D eigenvalue weighted by Crippen LogP contribution is -2.24. The van der Waals surface area contributed by atoms with Gasteiger partial charge >= 0.3 is 5.97 Å². The van der Waals surface area contributed by atoms with E-state index < -0.39 is 11.9 Å². The monoisotopic (exact) mass is 250 g/mol. The number of carbonyl (C=O) groups excluding carboxylic acids is 1. The van der Waals surface area contributed by atoms with Gasteiger partial charge in [-0.3, -0.25) is 9.59 Å². The molecule has 0 spiro atoms. The average molecular weight is 250 g/mol. The number of benzene rings is 1. The third kappa shape index (κ3) is 3.76. The van der Waals surface area contributed by atoms with Crippen molar-refractivity contribution in [1.82, 2.24) is 0 Å². The van der Waals surface area contributed by atoms with Crippen LogP contribution in [0.5, 0.6) is 0 Å². The van der Waals surface area contributed by atoms with Crippen LogP contribution in [0.4, 0.5) is 5.69 Å². The molecule has 1 aromatic carbocycles. The summed E-state index contributed by atoms with van der Waals surface area (Å²) in [6.45, 7) is 3.79. The maximum absolute atomic E-state index is 11.3. The van der Waals surface area contributed by atoms with E-state index in [1.165, 1.54) is 0 Å². The van der Waals surface area contributed by atoms with Crippen molar-refractivity contribution in [3.8, 4) is 0 Å². The zero-order chi connectivity index (χ0) is 13.7. The van der Waals surface area contributed by atoms with Crippen LogP contribution in [0.3, 0.4) is 0 Å². The number of primary amides is 1. The number of aryl methyl sites for hydroxylation is 1. The molecule has 4 N–H and O–H groups in total. The summed E-state index contributed by atoms with van der Waals surface area (Å²) in [5.41, 5.74) is 7.24. The van der Waals surface area contributed by atoms with Crippen LogP contribution in [-0.4, -0.2) is 23.0 Å². The van der Waals surface area contributed by atoms with Crippen molar-refractivity contribution < 1.29 is 14.7 Å². The smallest absolute Gasteiger partial charge is 0.305 e. The van der Waals surface area contributed by atoms with Crippen LogP contribution in [-0.2, 0) is 4.79 Å². The number of carboxylic acids is 1. The Kier molecular flexibility index (Phi) is 4.71. The summed E-state index contributed by atoms with van der Waals surface area (Å²) in [5.74, 6) is -1.40. The van der Waals surface area contributed by atoms with E-state index in [0.717, 1.165) is 5.56 Å². The lowest BCUT2D eigenvalue weighted by molar-refractivity contribution is -0.137. The number of rotatable bonds is 6. The van der Waals surface area contributed by atoms with Gasteiger partial charge in [0.15, 0.2) is 0 Å². The maximum atomic E-state index is 11.3. The molecule has 98 valence electrons. The van der Waals surface area contributed by atoms with Gasteiger partial charge in [-0.25, -0.2) is 0 Å². The molecular formula is C13H18N2O3. The highest BCUT2D eigenvalue weighted by molar-refractivity contribution is 5.98. The predicted molar refractivity (Wildman–Crippen MR) is 69.7 cm³/mol. The highest BCUT2D eigenvalue weighted by Crippen LogP contribution is 2.19. The lowest BCUT2D eigenvalue weighted by Gasteiger charge is -2.18. The first-order chi connectivity index (χ1) is 8.43. The van der Waals surface area contributed by atoms with Crippen LogP contribution in [0.15, 0.2) is 18.2 Å². The zero-order valence-corrected chi connectivity index (χ0v) is 10.6. The van der Waals surface area contributed by atoms with Gasteiger partial charge < -0.3 is 16.2 Å². The minimum atomic E-state index is -0.873. The number of aliphatic carboxylic acids is 1. The van der Waals surface area contributed by atoms with E-state index in [-0.39, 0.29) is 12.5 Å². The molecule has 5 nitrogen and oxygen atoms in total. The Balaban J connectivity index is 2.96. The standard InChI is InChI=1S/C13H18N2O3/c1-3-9(7-12(16)17)15-11-6-8(2)4-5-10(11)13(14)18/h4-6,9,15H,3,7H2,1-2H3,(H2,14,18)(H,16,17). The minimum Gasteiger partial charge on any atom is -0.481 e. The first kappa shape index (κ1) is 14.0. The Hall–Kier alpha value is -2.04. The van der Waals surface area contributed by atoms with E-state index in [4.69, 9.17) is 10.8 Å². The fraction of sp³-hybridized carbons (Fsp3) is 0.385. The highest BCUT2D eigenvalue weighted by Gasteiger charge is 2.14. The number of anilines is 1. The number of carboxylic acid groups (broad SMARTS) is 1. The number of nitrogens with one attached hydrogen (secondary N) is 1. The molecule has 0 saturated carbocycles. The van der Waals surface area contributed by atoms with E-state index in [9.17, 15) is 9.59 Å². The fourth-order valence-electron chi connectivity index (χ4n) is 1.72. The van der Waals surface area contributed by atoms with Crippen LogP contribution in [0.1, 0.15) is 35.7 Å². The molecule has 5 heteroatoms. The molecule has 0 aliphatic rings. The van der Waals surface area contributed by atoms with E-state index in [0.29, 0.717) is 17.7 Å². The second-order valence-electron chi connectivity index (χ2n) is 4.26. The summed E-state index contributed by atoms with van der Waals surface area (Å²) < 4.78 is 0. The normalized spacial score (nSPS) is 11.9. The number of carbonyl (C=O) groups is 2. The van der Waals surface area contributed by atoms with Crippen LogP contribution in [0.2, 0.25) is 0 Å². The van der Waals surface area contributed by atoms with Gasteiger partial charge in [0.25, 0.3) is 5.91 Å².